The Kier molecular flexibility index (Phi) is 4.21. The van der Waals surface area contributed by atoms with Crippen molar-refractivity contribution in [1.82, 2.24) is 0 Å². The molecule has 0 amide bonds. The molecule has 0 saturated carbocycles. The Hall–Kier alpha value is -1.11. The summed E-state index contributed by atoms with van der Waals surface area (Å²) in [7, 11) is 0. The molecule has 0 saturated heterocycles. The van der Waals surface area contributed by atoms with Gasteiger partial charge in [-0.3, -0.25) is 4.99 Å². The summed E-state index contributed by atoms with van der Waals surface area (Å²) >= 11 is 0. The molecule has 0 aromatic carbocycles. The highest BCUT2D eigenvalue weighted by Gasteiger charge is 1.92. The van der Waals surface area contributed by atoms with Gasteiger partial charge in [0.2, 0.25) is 0 Å². The van der Waals surface area contributed by atoms with Crippen LogP contribution < -0.4 is 0 Å². The van der Waals surface area contributed by atoms with Gasteiger partial charge in [-0.25, -0.2) is 0 Å². The Morgan fingerprint density at radius 1 is 1.40 bits per heavy atom. The molecular weight excluding hydrogens is 122 g/mol. The van der Waals surface area contributed by atoms with Crippen LogP contribution in [0.15, 0.2) is 41.6 Å². The average Bonchev–Trinajstić information content (AvgIpc) is 2.00. The maximum Gasteiger partial charge on any atom is 0.0648 e. The molecule has 0 bridgehead atoms. The molecule has 0 aromatic rings. The summed E-state index contributed by atoms with van der Waals surface area (Å²) < 4.78 is 0. The second kappa shape index (κ2) is 4.74. The third kappa shape index (κ3) is 2.02. The van der Waals surface area contributed by atoms with Crippen molar-refractivity contribution in [3.63, 3.8) is 0 Å². The molecule has 0 unspecified atom stereocenters. The molecule has 10 heavy (non-hydrogen) atoms. The number of allylic oxidation sites excluding steroid dienone is 3. The van der Waals surface area contributed by atoms with E-state index in [9.17, 15) is 0 Å². The van der Waals surface area contributed by atoms with E-state index < -0.39 is 0 Å². The van der Waals surface area contributed by atoms with Crippen LogP contribution in [0.2, 0.25) is 0 Å². The second-order valence-corrected chi connectivity index (χ2v) is 1.83. The summed E-state index contributed by atoms with van der Waals surface area (Å²) in [6.07, 6.45) is 4.39. The Bertz CT molecular complexity index is 165. The quantitative estimate of drug-likeness (QED) is 0.415. The van der Waals surface area contributed by atoms with E-state index in [4.69, 9.17) is 0 Å². The third-order valence-corrected chi connectivity index (χ3v) is 1.32. The van der Waals surface area contributed by atoms with Gasteiger partial charge >= 0.3 is 0 Å². The molecule has 0 aliphatic rings. The fourth-order valence-electron chi connectivity index (χ4n) is 0.727. The lowest BCUT2D eigenvalue weighted by molar-refractivity contribution is 1.11. The fourth-order valence-corrected chi connectivity index (χ4v) is 0.727. The normalized spacial score (nSPS) is 11.7. The Balaban J connectivity index is 4.67. The molecule has 0 aromatic heterocycles. The summed E-state index contributed by atoms with van der Waals surface area (Å²) in [5.74, 6) is 0. The van der Waals surface area contributed by atoms with Crippen molar-refractivity contribution >= 4 is 6.72 Å². The Labute approximate surface area is 62.5 Å². The maximum atomic E-state index is 3.79. The lowest BCUT2D eigenvalue weighted by Gasteiger charge is -1.98. The van der Waals surface area contributed by atoms with Gasteiger partial charge in [-0.05, 0) is 24.8 Å². The standard InChI is InChI=1S/C9H13N/c1-5-8(6-2)9(7-3)10-4/h5,7H,1,3-4,6H2,2H3/b9-8-. The van der Waals surface area contributed by atoms with Crippen molar-refractivity contribution in [2.75, 3.05) is 0 Å². The zero-order valence-corrected chi connectivity index (χ0v) is 6.43. The van der Waals surface area contributed by atoms with Gasteiger partial charge in [-0.2, -0.15) is 0 Å². The lowest BCUT2D eigenvalue weighted by Crippen LogP contribution is -1.80. The van der Waals surface area contributed by atoms with E-state index in [1.165, 1.54) is 0 Å². The SMILES string of the molecule is C=C/C(CC)=C(\C=C)N=C. The smallest absolute Gasteiger partial charge is 0.0648 e. The molecule has 0 aliphatic carbocycles. The van der Waals surface area contributed by atoms with Crippen LogP contribution in [0.1, 0.15) is 13.3 Å². The van der Waals surface area contributed by atoms with Crippen LogP contribution in [0, 0.1) is 0 Å². The van der Waals surface area contributed by atoms with Crippen LogP contribution in [-0.2, 0) is 0 Å². The molecular formula is C9H13N. The Morgan fingerprint density at radius 2 is 2.00 bits per heavy atom. The largest absolute Gasteiger partial charge is 0.264 e. The van der Waals surface area contributed by atoms with E-state index >= 15 is 0 Å². The minimum Gasteiger partial charge on any atom is -0.264 e. The van der Waals surface area contributed by atoms with Gasteiger partial charge in [-0.15, -0.1) is 0 Å². The zero-order chi connectivity index (χ0) is 7.98. The molecule has 0 spiro atoms. The highest BCUT2D eigenvalue weighted by molar-refractivity contribution is 5.38. The molecule has 0 radical (unpaired) electrons. The zero-order valence-electron chi connectivity index (χ0n) is 6.43. The van der Waals surface area contributed by atoms with Gasteiger partial charge in [0, 0.05) is 0 Å². The number of aliphatic imine (C=N–C) groups is 1. The van der Waals surface area contributed by atoms with Crippen LogP contribution in [-0.4, -0.2) is 6.72 Å². The first-order chi connectivity index (χ1) is 4.79. The number of nitrogens with zero attached hydrogens (tertiary/aromatic N) is 1. The number of rotatable bonds is 4. The minimum atomic E-state index is 0.831. The van der Waals surface area contributed by atoms with E-state index in [0.29, 0.717) is 0 Å². The van der Waals surface area contributed by atoms with Crippen molar-refractivity contribution in [2.24, 2.45) is 4.99 Å². The molecule has 0 fully saturated rings. The van der Waals surface area contributed by atoms with Crippen LogP contribution in [0.4, 0.5) is 0 Å². The number of hydrogen-bond donors (Lipinski definition) is 0. The summed E-state index contributed by atoms with van der Waals surface area (Å²) in [5.41, 5.74) is 1.92. The molecule has 0 heterocycles. The third-order valence-electron chi connectivity index (χ3n) is 1.32. The van der Waals surface area contributed by atoms with Gasteiger partial charge in [0.25, 0.3) is 0 Å². The minimum absolute atomic E-state index is 0.831. The van der Waals surface area contributed by atoms with E-state index in [-0.39, 0.29) is 0 Å². The second-order valence-electron chi connectivity index (χ2n) is 1.83. The molecule has 0 atom stereocenters. The van der Waals surface area contributed by atoms with Crippen molar-refractivity contribution in [2.45, 2.75) is 13.3 Å². The highest BCUT2D eigenvalue weighted by Crippen LogP contribution is 2.10. The predicted molar refractivity (Wildman–Crippen MR) is 47.3 cm³/mol. The molecule has 54 valence electrons. The number of hydrogen-bond acceptors (Lipinski definition) is 1. The highest BCUT2D eigenvalue weighted by atomic mass is 14.7. The van der Waals surface area contributed by atoms with Gasteiger partial charge in [0.05, 0.1) is 5.70 Å². The van der Waals surface area contributed by atoms with Crippen LogP contribution in [0.3, 0.4) is 0 Å². The van der Waals surface area contributed by atoms with E-state index in [1.807, 2.05) is 6.92 Å². The topological polar surface area (TPSA) is 12.4 Å². The van der Waals surface area contributed by atoms with Crippen molar-refractivity contribution in [1.29, 1.82) is 0 Å². The maximum absolute atomic E-state index is 3.79. The Morgan fingerprint density at radius 3 is 2.10 bits per heavy atom. The summed E-state index contributed by atoms with van der Waals surface area (Å²) in [6, 6.07) is 0. The summed E-state index contributed by atoms with van der Waals surface area (Å²) in [6.45, 7) is 12.7. The molecule has 0 N–H and O–H groups in total. The summed E-state index contributed by atoms with van der Waals surface area (Å²) in [5, 5.41) is 0. The van der Waals surface area contributed by atoms with Gasteiger partial charge in [-0.1, -0.05) is 26.2 Å². The first kappa shape index (κ1) is 8.89. The summed E-state index contributed by atoms with van der Waals surface area (Å²) in [4.78, 5) is 3.79. The van der Waals surface area contributed by atoms with Gasteiger partial charge in [0.15, 0.2) is 0 Å². The van der Waals surface area contributed by atoms with E-state index in [1.54, 1.807) is 12.2 Å². The van der Waals surface area contributed by atoms with Crippen molar-refractivity contribution in [3.8, 4) is 0 Å². The molecule has 0 rings (SSSR count). The van der Waals surface area contributed by atoms with Crippen molar-refractivity contribution in [3.05, 3.63) is 36.6 Å². The average molecular weight is 135 g/mol. The van der Waals surface area contributed by atoms with Crippen LogP contribution >= 0.6 is 0 Å². The molecule has 1 nitrogen and oxygen atoms in total. The van der Waals surface area contributed by atoms with E-state index in [0.717, 1.165) is 17.7 Å². The fraction of sp³-hybridized carbons (Fsp3) is 0.222. The monoisotopic (exact) mass is 135 g/mol. The van der Waals surface area contributed by atoms with E-state index in [2.05, 4.69) is 24.9 Å². The van der Waals surface area contributed by atoms with Gasteiger partial charge in [0.1, 0.15) is 0 Å². The molecule has 1 heteroatoms. The first-order valence-electron chi connectivity index (χ1n) is 3.24. The van der Waals surface area contributed by atoms with Crippen molar-refractivity contribution < 1.29 is 0 Å². The lowest BCUT2D eigenvalue weighted by atomic mass is 10.1. The van der Waals surface area contributed by atoms with Gasteiger partial charge < -0.3 is 0 Å². The van der Waals surface area contributed by atoms with Crippen LogP contribution in [0.5, 0.6) is 0 Å². The first-order valence-corrected chi connectivity index (χ1v) is 3.24. The van der Waals surface area contributed by atoms with Crippen LogP contribution in [0.25, 0.3) is 0 Å². The predicted octanol–water partition coefficient (Wildman–Crippen LogP) is 2.72. The molecule has 0 aliphatic heterocycles.